The fraction of sp³-hybridized carbons (Fsp3) is 0.778. The summed E-state index contributed by atoms with van der Waals surface area (Å²) in [5.74, 6) is 1.38. The Morgan fingerprint density at radius 2 is 2.42 bits per heavy atom. The summed E-state index contributed by atoms with van der Waals surface area (Å²) in [6, 6.07) is 0.388. The molecule has 1 rings (SSSR count). The van der Waals surface area contributed by atoms with Crippen LogP contribution in [0.15, 0.2) is 12.3 Å². The molecule has 68 valence electrons. The van der Waals surface area contributed by atoms with Gasteiger partial charge in [-0.1, -0.05) is 13.5 Å². The zero-order valence-electron chi connectivity index (χ0n) is 8.17. The molecule has 0 saturated carbocycles. The third-order valence-electron chi connectivity index (χ3n) is 2.24. The van der Waals surface area contributed by atoms with E-state index in [9.17, 15) is 0 Å². The minimum Gasteiger partial charge on any atom is -0.496 e. The van der Waals surface area contributed by atoms with Crippen LogP contribution in [0.3, 0.4) is 0 Å². The predicted molar refractivity (Wildman–Crippen MR) is 51.8 cm³/mol. The van der Waals surface area contributed by atoms with Crippen molar-refractivity contribution in [3.8, 4) is 0 Å². The first-order chi connectivity index (χ1) is 5.59. The van der Waals surface area contributed by atoms with E-state index >= 15 is 0 Å². The van der Waals surface area contributed by atoms with Crippen LogP contribution in [0, 0.1) is 5.92 Å². The summed E-state index contributed by atoms with van der Waals surface area (Å²) < 4.78 is 11.0. The molecule has 3 heteroatoms. The van der Waals surface area contributed by atoms with Crippen LogP contribution in [0.25, 0.3) is 0 Å². The Morgan fingerprint density at radius 1 is 1.75 bits per heavy atom. The van der Waals surface area contributed by atoms with Gasteiger partial charge in [0.15, 0.2) is 0 Å². The van der Waals surface area contributed by atoms with Crippen LogP contribution in [0.4, 0.5) is 0 Å². The Morgan fingerprint density at radius 3 is 2.83 bits per heavy atom. The maximum atomic E-state index is 5.66. The van der Waals surface area contributed by atoms with Gasteiger partial charge in [-0.2, -0.15) is 0 Å². The highest BCUT2D eigenvalue weighted by molar-refractivity contribution is 6.11. The van der Waals surface area contributed by atoms with Crippen molar-refractivity contribution in [1.82, 2.24) is 0 Å². The maximum Gasteiger partial charge on any atom is 0.139 e. The average Bonchev–Trinajstić information content (AvgIpc) is 2.26. The van der Waals surface area contributed by atoms with E-state index in [0.29, 0.717) is 18.5 Å². The van der Waals surface area contributed by atoms with Crippen molar-refractivity contribution in [2.24, 2.45) is 5.92 Å². The average molecular weight is 168 g/mol. The largest absolute Gasteiger partial charge is 0.496 e. The molecule has 0 amide bonds. The Labute approximate surface area is 75.3 Å². The molecule has 3 atom stereocenters. The summed E-state index contributed by atoms with van der Waals surface area (Å²) in [6.45, 7) is 8.40. The first-order valence-electron chi connectivity index (χ1n) is 4.53. The van der Waals surface area contributed by atoms with Crippen molar-refractivity contribution in [3.63, 3.8) is 0 Å². The Bertz CT molecular complexity index is 170. The molecule has 0 aromatic rings. The van der Waals surface area contributed by atoms with Crippen LogP contribution in [-0.4, -0.2) is 26.6 Å². The molecule has 2 nitrogen and oxygen atoms in total. The lowest BCUT2D eigenvalue weighted by Gasteiger charge is -2.15. The highest BCUT2D eigenvalue weighted by Gasteiger charge is 2.29. The minimum atomic E-state index is 0.261. The van der Waals surface area contributed by atoms with Crippen LogP contribution in [0.1, 0.15) is 20.3 Å². The zero-order valence-corrected chi connectivity index (χ0v) is 8.17. The molecule has 3 unspecified atom stereocenters. The fourth-order valence-electron chi connectivity index (χ4n) is 1.59. The van der Waals surface area contributed by atoms with Crippen molar-refractivity contribution in [1.29, 1.82) is 0 Å². The van der Waals surface area contributed by atoms with Crippen molar-refractivity contribution < 1.29 is 9.47 Å². The normalized spacial score (nSPS) is 35.0. The highest BCUT2D eigenvalue weighted by Crippen LogP contribution is 2.24. The fourth-order valence-corrected chi connectivity index (χ4v) is 1.59. The molecular weight excluding hydrogens is 151 g/mol. The smallest absolute Gasteiger partial charge is 0.139 e. The zero-order chi connectivity index (χ0) is 9.14. The SMILES string of the molecule is BC1CC(C)C(COC(=C)C)O1. The molecule has 0 aromatic carbocycles. The quantitative estimate of drug-likeness (QED) is 0.460. The summed E-state index contributed by atoms with van der Waals surface area (Å²) in [7, 11) is 2.11. The Balaban J connectivity index is 2.28. The summed E-state index contributed by atoms with van der Waals surface area (Å²) in [4.78, 5) is 0. The summed E-state index contributed by atoms with van der Waals surface area (Å²) in [5, 5.41) is 0. The number of allylic oxidation sites excluding steroid dienone is 1. The van der Waals surface area contributed by atoms with E-state index in [1.54, 1.807) is 0 Å². The summed E-state index contributed by atoms with van der Waals surface area (Å²) in [6.07, 6.45) is 1.40. The van der Waals surface area contributed by atoms with Crippen molar-refractivity contribution >= 4 is 7.85 Å². The number of rotatable bonds is 3. The van der Waals surface area contributed by atoms with Gasteiger partial charge < -0.3 is 9.47 Å². The van der Waals surface area contributed by atoms with Gasteiger partial charge in [0.1, 0.15) is 14.5 Å². The standard InChI is InChI=1S/C9H17BO2/c1-6(2)11-5-8-7(3)4-9(10)12-8/h7-9H,1,4-5,10H2,2-3H3. The Kier molecular flexibility index (Phi) is 3.21. The number of hydrogen-bond donors (Lipinski definition) is 0. The van der Waals surface area contributed by atoms with E-state index in [1.807, 2.05) is 6.92 Å². The predicted octanol–water partition coefficient (Wildman–Crippen LogP) is 0.921. The van der Waals surface area contributed by atoms with Crippen molar-refractivity contribution in [3.05, 3.63) is 12.3 Å². The molecule has 12 heavy (non-hydrogen) atoms. The monoisotopic (exact) mass is 168 g/mol. The van der Waals surface area contributed by atoms with Gasteiger partial charge in [0.05, 0.1) is 11.9 Å². The molecule has 0 radical (unpaired) electrons. The maximum absolute atomic E-state index is 5.66. The number of ether oxygens (including phenoxy) is 2. The van der Waals surface area contributed by atoms with Gasteiger partial charge >= 0.3 is 0 Å². The Hall–Kier alpha value is -0.435. The second kappa shape index (κ2) is 3.99. The van der Waals surface area contributed by atoms with Gasteiger partial charge in [-0.15, -0.1) is 0 Å². The van der Waals surface area contributed by atoms with E-state index in [4.69, 9.17) is 9.47 Å². The molecule has 0 N–H and O–H groups in total. The first kappa shape index (κ1) is 9.65. The molecule has 0 spiro atoms. The number of hydrogen-bond acceptors (Lipinski definition) is 2. The van der Waals surface area contributed by atoms with E-state index in [0.717, 1.165) is 12.2 Å². The van der Waals surface area contributed by atoms with Gasteiger partial charge in [0, 0.05) is 6.00 Å². The lowest BCUT2D eigenvalue weighted by molar-refractivity contribution is 0.0170. The molecule has 0 aliphatic carbocycles. The van der Waals surface area contributed by atoms with E-state index in [2.05, 4.69) is 21.3 Å². The highest BCUT2D eigenvalue weighted by atomic mass is 16.5. The van der Waals surface area contributed by atoms with Gasteiger partial charge in [-0.05, 0) is 19.3 Å². The molecule has 1 aliphatic rings. The third kappa shape index (κ3) is 2.56. The molecule has 1 fully saturated rings. The van der Waals surface area contributed by atoms with Crippen LogP contribution < -0.4 is 0 Å². The lowest BCUT2D eigenvalue weighted by Crippen LogP contribution is -2.20. The molecule has 1 heterocycles. The lowest BCUT2D eigenvalue weighted by atomic mass is 9.92. The van der Waals surface area contributed by atoms with E-state index < -0.39 is 0 Å². The molecule has 1 aliphatic heterocycles. The summed E-state index contributed by atoms with van der Waals surface area (Å²) >= 11 is 0. The molecule has 1 saturated heterocycles. The second-order valence-corrected chi connectivity index (χ2v) is 3.71. The first-order valence-corrected chi connectivity index (χ1v) is 4.53. The van der Waals surface area contributed by atoms with Crippen LogP contribution >= 0.6 is 0 Å². The van der Waals surface area contributed by atoms with Gasteiger partial charge in [-0.25, -0.2) is 0 Å². The molecule has 0 aromatic heterocycles. The van der Waals surface area contributed by atoms with E-state index in [1.165, 1.54) is 0 Å². The summed E-state index contributed by atoms with van der Waals surface area (Å²) in [5.41, 5.74) is 0. The van der Waals surface area contributed by atoms with E-state index in [-0.39, 0.29) is 6.10 Å². The molecular formula is C9H17BO2. The van der Waals surface area contributed by atoms with Gasteiger partial charge in [-0.3, -0.25) is 0 Å². The van der Waals surface area contributed by atoms with Crippen molar-refractivity contribution in [2.75, 3.05) is 6.61 Å². The van der Waals surface area contributed by atoms with Crippen LogP contribution in [0.2, 0.25) is 0 Å². The van der Waals surface area contributed by atoms with Crippen LogP contribution in [-0.2, 0) is 9.47 Å². The van der Waals surface area contributed by atoms with Gasteiger partial charge in [0.25, 0.3) is 0 Å². The van der Waals surface area contributed by atoms with Crippen molar-refractivity contribution in [2.45, 2.75) is 32.4 Å². The molecule has 0 bridgehead atoms. The third-order valence-corrected chi connectivity index (χ3v) is 2.24. The minimum absolute atomic E-state index is 0.261. The van der Waals surface area contributed by atoms with Gasteiger partial charge in [0.2, 0.25) is 0 Å². The second-order valence-electron chi connectivity index (χ2n) is 3.71. The van der Waals surface area contributed by atoms with Crippen LogP contribution in [0.5, 0.6) is 0 Å². The topological polar surface area (TPSA) is 18.5 Å².